The van der Waals surface area contributed by atoms with Crippen molar-refractivity contribution in [1.29, 1.82) is 0 Å². The first kappa shape index (κ1) is 19.3. The average Bonchev–Trinajstić information content (AvgIpc) is 3.33. The van der Waals surface area contributed by atoms with Crippen molar-refractivity contribution in [3.8, 4) is 11.4 Å². The van der Waals surface area contributed by atoms with Crippen LogP contribution in [0.3, 0.4) is 0 Å². The number of esters is 1. The number of nitrogens with zero attached hydrogens (tertiary/aromatic N) is 5. The van der Waals surface area contributed by atoms with Crippen LogP contribution in [0.1, 0.15) is 30.0 Å². The van der Waals surface area contributed by atoms with Gasteiger partial charge in [0.05, 0.1) is 24.5 Å². The maximum atomic E-state index is 12.3. The molecule has 0 saturated heterocycles. The summed E-state index contributed by atoms with van der Waals surface area (Å²) in [6.07, 6.45) is 1.35. The van der Waals surface area contributed by atoms with Gasteiger partial charge in [0, 0.05) is 12.6 Å². The third kappa shape index (κ3) is 4.81. The van der Waals surface area contributed by atoms with Crippen LogP contribution in [-0.4, -0.2) is 50.1 Å². The highest BCUT2D eigenvalue weighted by molar-refractivity contribution is 5.90. The van der Waals surface area contributed by atoms with Gasteiger partial charge in [0.1, 0.15) is 12.3 Å². The fourth-order valence-electron chi connectivity index (χ4n) is 2.46. The van der Waals surface area contributed by atoms with E-state index in [-0.39, 0.29) is 18.6 Å². The number of ether oxygens (including phenoxy) is 1. The number of aromatic nitrogens is 4. The van der Waals surface area contributed by atoms with Gasteiger partial charge in [-0.25, -0.2) is 4.79 Å². The third-order valence-corrected chi connectivity index (χ3v) is 3.83. The minimum Gasteiger partial charge on any atom is -0.467 e. The fraction of sp³-hybridized carbons (Fsp3) is 0.316. The van der Waals surface area contributed by atoms with Gasteiger partial charge in [0.15, 0.2) is 0 Å². The van der Waals surface area contributed by atoms with Crippen molar-refractivity contribution >= 4 is 11.9 Å². The van der Waals surface area contributed by atoms with Crippen LogP contribution < -0.4 is 0 Å². The number of hydrogen-bond acceptors (Lipinski definition) is 7. The van der Waals surface area contributed by atoms with Crippen LogP contribution in [0, 0.1) is 0 Å². The van der Waals surface area contributed by atoms with Gasteiger partial charge in [-0.2, -0.15) is 4.80 Å². The van der Waals surface area contributed by atoms with E-state index < -0.39 is 5.97 Å². The van der Waals surface area contributed by atoms with E-state index in [4.69, 9.17) is 9.15 Å². The van der Waals surface area contributed by atoms with Crippen molar-refractivity contribution in [3.05, 3.63) is 54.0 Å². The Morgan fingerprint density at radius 2 is 2.07 bits per heavy atom. The Bertz CT molecular complexity index is 949. The summed E-state index contributed by atoms with van der Waals surface area (Å²) in [5, 5.41) is 12.1. The molecule has 146 valence electrons. The van der Waals surface area contributed by atoms with E-state index in [1.54, 1.807) is 63.6 Å². The average molecular weight is 383 g/mol. The van der Waals surface area contributed by atoms with E-state index in [0.29, 0.717) is 29.3 Å². The van der Waals surface area contributed by atoms with Crippen molar-refractivity contribution in [3.63, 3.8) is 0 Å². The van der Waals surface area contributed by atoms with Crippen LogP contribution in [0.5, 0.6) is 0 Å². The van der Waals surface area contributed by atoms with Crippen molar-refractivity contribution in [1.82, 2.24) is 25.1 Å². The summed E-state index contributed by atoms with van der Waals surface area (Å²) >= 11 is 0. The molecule has 3 rings (SSSR count). The number of carbonyl (C=O) groups excluding carboxylic acids is 2. The molecule has 0 N–H and O–H groups in total. The number of rotatable bonds is 7. The van der Waals surface area contributed by atoms with Gasteiger partial charge in [-0.05, 0) is 43.3 Å². The quantitative estimate of drug-likeness (QED) is 0.576. The van der Waals surface area contributed by atoms with Crippen LogP contribution in [0.2, 0.25) is 0 Å². The molecule has 9 nitrogen and oxygen atoms in total. The summed E-state index contributed by atoms with van der Waals surface area (Å²) in [6.45, 7) is 3.87. The molecule has 0 aliphatic heterocycles. The van der Waals surface area contributed by atoms with E-state index in [9.17, 15) is 9.59 Å². The second-order valence-corrected chi connectivity index (χ2v) is 6.51. The molecule has 1 aromatic carbocycles. The topological polar surface area (TPSA) is 103 Å². The highest BCUT2D eigenvalue weighted by Crippen LogP contribution is 2.16. The second-order valence-electron chi connectivity index (χ2n) is 6.51. The van der Waals surface area contributed by atoms with Crippen molar-refractivity contribution in [2.45, 2.75) is 33.0 Å². The van der Waals surface area contributed by atoms with Crippen LogP contribution in [0.25, 0.3) is 11.4 Å². The molecular formula is C19H21N5O4. The Balaban J connectivity index is 1.67. The number of benzene rings is 1. The van der Waals surface area contributed by atoms with Crippen LogP contribution in [0.15, 0.2) is 47.1 Å². The SMILES string of the molecule is CC(C)OC(=O)c1cccc(-c2nnn(CC(=O)N(C)Cc3ccco3)n2)c1. The summed E-state index contributed by atoms with van der Waals surface area (Å²) in [5.74, 6) is 0.405. The lowest BCUT2D eigenvalue weighted by Crippen LogP contribution is -2.30. The number of likely N-dealkylation sites (N-methyl/N-ethyl adjacent to an activating group) is 1. The van der Waals surface area contributed by atoms with Crippen LogP contribution in [-0.2, 0) is 22.6 Å². The lowest BCUT2D eigenvalue weighted by atomic mass is 10.1. The van der Waals surface area contributed by atoms with Gasteiger partial charge in [0.25, 0.3) is 0 Å². The molecule has 0 fully saturated rings. The molecule has 0 unspecified atom stereocenters. The minimum absolute atomic E-state index is 0.0563. The third-order valence-electron chi connectivity index (χ3n) is 3.83. The van der Waals surface area contributed by atoms with Gasteiger partial charge < -0.3 is 14.1 Å². The normalized spacial score (nSPS) is 10.9. The van der Waals surface area contributed by atoms with Crippen LogP contribution in [0.4, 0.5) is 0 Å². The molecule has 2 heterocycles. The Labute approximate surface area is 161 Å². The van der Waals surface area contributed by atoms with Gasteiger partial charge in [-0.3, -0.25) is 4.79 Å². The monoisotopic (exact) mass is 383 g/mol. The van der Waals surface area contributed by atoms with Gasteiger partial charge in [0.2, 0.25) is 11.7 Å². The molecule has 9 heteroatoms. The van der Waals surface area contributed by atoms with Gasteiger partial charge in [-0.1, -0.05) is 12.1 Å². The molecule has 0 spiro atoms. The van der Waals surface area contributed by atoms with Crippen molar-refractivity contribution < 1.29 is 18.7 Å². The van der Waals surface area contributed by atoms with E-state index in [0.717, 1.165) is 0 Å². The number of hydrogen-bond donors (Lipinski definition) is 0. The Hall–Kier alpha value is -3.49. The summed E-state index contributed by atoms with van der Waals surface area (Å²) < 4.78 is 10.4. The van der Waals surface area contributed by atoms with E-state index in [2.05, 4.69) is 15.4 Å². The Morgan fingerprint density at radius 3 is 2.79 bits per heavy atom. The smallest absolute Gasteiger partial charge is 0.338 e. The highest BCUT2D eigenvalue weighted by Gasteiger charge is 2.16. The van der Waals surface area contributed by atoms with Gasteiger partial charge in [-0.15, -0.1) is 10.2 Å². The number of amides is 1. The first-order chi connectivity index (χ1) is 13.4. The molecule has 0 aliphatic carbocycles. The van der Waals surface area contributed by atoms with Crippen LogP contribution >= 0.6 is 0 Å². The molecule has 3 aromatic rings. The summed E-state index contributed by atoms with van der Waals surface area (Å²) in [7, 11) is 1.67. The van der Waals surface area contributed by atoms with E-state index in [1.807, 2.05) is 0 Å². The predicted octanol–water partition coefficient (Wildman–Crippen LogP) is 2.16. The van der Waals surface area contributed by atoms with E-state index >= 15 is 0 Å². The standard InChI is InChI=1S/C19H21N5O4/c1-13(2)28-19(26)15-7-4-6-14(10-15)18-20-22-24(21-18)12-17(25)23(3)11-16-8-5-9-27-16/h4-10,13H,11-12H2,1-3H3. The summed E-state index contributed by atoms with van der Waals surface area (Å²) in [5.41, 5.74) is 1.01. The maximum Gasteiger partial charge on any atom is 0.338 e. The predicted molar refractivity (Wildman–Crippen MR) is 99.0 cm³/mol. The number of furan rings is 1. The minimum atomic E-state index is -0.418. The first-order valence-electron chi connectivity index (χ1n) is 8.78. The second kappa shape index (κ2) is 8.47. The Morgan fingerprint density at radius 1 is 1.25 bits per heavy atom. The lowest BCUT2D eigenvalue weighted by molar-refractivity contribution is -0.131. The highest BCUT2D eigenvalue weighted by atomic mass is 16.5. The largest absolute Gasteiger partial charge is 0.467 e. The van der Waals surface area contributed by atoms with Gasteiger partial charge >= 0.3 is 5.97 Å². The molecule has 0 saturated carbocycles. The summed E-state index contributed by atoms with van der Waals surface area (Å²) in [6, 6.07) is 10.3. The lowest BCUT2D eigenvalue weighted by Gasteiger charge is -2.14. The molecule has 0 aliphatic rings. The molecule has 0 radical (unpaired) electrons. The zero-order valence-corrected chi connectivity index (χ0v) is 15.9. The van der Waals surface area contributed by atoms with E-state index in [1.165, 1.54) is 9.70 Å². The maximum absolute atomic E-state index is 12.3. The summed E-state index contributed by atoms with van der Waals surface area (Å²) in [4.78, 5) is 27.1. The Kier molecular flexibility index (Phi) is 5.83. The van der Waals surface area contributed by atoms with Crippen molar-refractivity contribution in [2.75, 3.05) is 7.05 Å². The zero-order valence-electron chi connectivity index (χ0n) is 15.9. The number of tetrazole rings is 1. The number of carbonyl (C=O) groups is 2. The first-order valence-corrected chi connectivity index (χ1v) is 8.78. The molecule has 0 atom stereocenters. The fourth-order valence-corrected chi connectivity index (χ4v) is 2.46. The molecule has 2 aromatic heterocycles. The zero-order chi connectivity index (χ0) is 20.1. The van der Waals surface area contributed by atoms with Crippen molar-refractivity contribution in [2.24, 2.45) is 0 Å². The molecule has 0 bridgehead atoms. The molecule has 28 heavy (non-hydrogen) atoms. The molecular weight excluding hydrogens is 362 g/mol. The molecule has 1 amide bonds.